The molecule has 0 fully saturated rings. The monoisotopic (exact) mass is 268 g/mol. The minimum absolute atomic E-state index is 0.492. The van der Waals surface area contributed by atoms with Gasteiger partial charge >= 0.3 is 6.09 Å². The van der Waals surface area contributed by atoms with Crippen molar-refractivity contribution in [3.63, 3.8) is 0 Å². The molecule has 1 rings (SSSR count). The molecule has 2 N–H and O–H groups in total. The second-order valence-corrected chi connectivity index (χ2v) is 5.12. The van der Waals surface area contributed by atoms with Crippen molar-refractivity contribution in [1.82, 2.24) is 10.9 Å². The van der Waals surface area contributed by atoms with E-state index < -0.39 is 11.7 Å². The predicted molar refractivity (Wildman–Crippen MR) is 73.0 cm³/mol. The number of nitrogens with one attached hydrogen (secondary N) is 2. The van der Waals surface area contributed by atoms with Gasteiger partial charge in [0, 0.05) is 10.6 Å². The van der Waals surface area contributed by atoms with Gasteiger partial charge in [-0.15, -0.1) is 0 Å². The SMILES string of the molecule is C=C(NNC(=O)OC(C)(C)C)c1ccccc1Cl. The molecule has 5 heteroatoms. The van der Waals surface area contributed by atoms with Crippen LogP contribution < -0.4 is 10.9 Å². The Hall–Kier alpha value is -1.68. The Morgan fingerprint density at radius 2 is 1.89 bits per heavy atom. The summed E-state index contributed by atoms with van der Waals surface area (Å²) in [6.07, 6.45) is -0.573. The molecule has 0 saturated carbocycles. The summed E-state index contributed by atoms with van der Waals surface area (Å²) in [5.74, 6) is 0. The van der Waals surface area contributed by atoms with Crippen LogP contribution in [0, 0.1) is 0 Å². The van der Waals surface area contributed by atoms with E-state index in [1.165, 1.54) is 0 Å². The van der Waals surface area contributed by atoms with Crippen molar-refractivity contribution < 1.29 is 9.53 Å². The van der Waals surface area contributed by atoms with Gasteiger partial charge in [-0.1, -0.05) is 36.4 Å². The third kappa shape index (κ3) is 4.67. The highest BCUT2D eigenvalue weighted by atomic mass is 35.5. The van der Waals surface area contributed by atoms with Crippen molar-refractivity contribution in [2.24, 2.45) is 0 Å². The van der Waals surface area contributed by atoms with Crippen LogP contribution in [-0.4, -0.2) is 11.7 Å². The van der Waals surface area contributed by atoms with E-state index in [1.807, 2.05) is 12.1 Å². The van der Waals surface area contributed by atoms with E-state index in [1.54, 1.807) is 32.9 Å². The van der Waals surface area contributed by atoms with Crippen LogP contribution in [-0.2, 0) is 4.74 Å². The Bertz CT molecular complexity index is 453. The Morgan fingerprint density at radius 3 is 2.44 bits per heavy atom. The van der Waals surface area contributed by atoms with Crippen molar-refractivity contribution >= 4 is 23.4 Å². The van der Waals surface area contributed by atoms with Gasteiger partial charge in [0.2, 0.25) is 0 Å². The number of amides is 1. The molecule has 1 aromatic carbocycles. The lowest BCUT2D eigenvalue weighted by molar-refractivity contribution is 0.0511. The number of hydrogen-bond donors (Lipinski definition) is 2. The molecule has 1 aromatic rings. The molecule has 0 bridgehead atoms. The Morgan fingerprint density at radius 1 is 1.28 bits per heavy atom. The normalized spacial score (nSPS) is 10.7. The second kappa shape index (κ2) is 5.78. The number of hydrogen-bond acceptors (Lipinski definition) is 3. The first-order chi connectivity index (χ1) is 8.29. The highest BCUT2D eigenvalue weighted by molar-refractivity contribution is 6.32. The average molecular weight is 269 g/mol. The Kier molecular flexibility index (Phi) is 4.62. The van der Waals surface area contributed by atoms with E-state index in [9.17, 15) is 4.79 Å². The third-order valence-electron chi connectivity index (χ3n) is 1.91. The predicted octanol–water partition coefficient (Wildman–Crippen LogP) is 3.34. The maximum absolute atomic E-state index is 11.4. The summed E-state index contributed by atoms with van der Waals surface area (Å²) in [6, 6.07) is 7.20. The fourth-order valence-electron chi connectivity index (χ4n) is 1.20. The summed E-state index contributed by atoms with van der Waals surface area (Å²) in [4.78, 5) is 11.4. The van der Waals surface area contributed by atoms with Gasteiger partial charge in [0.25, 0.3) is 0 Å². The maximum Gasteiger partial charge on any atom is 0.426 e. The van der Waals surface area contributed by atoms with Crippen LogP contribution in [0.25, 0.3) is 5.70 Å². The molecule has 1 amide bonds. The van der Waals surface area contributed by atoms with Gasteiger partial charge in [-0.05, 0) is 26.8 Å². The summed E-state index contributed by atoms with van der Waals surface area (Å²) < 4.78 is 5.07. The van der Waals surface area contributed by atoms with Crippen LogP contribution in [0.15, 0.2) is 30.8 Å². The van der Waals surface area contributed by atoms with E-state index in [0.717, 1.165) is 5.56 Å². The lowest BCUT2D eigenvalue weighted by Gasteiger charge is -2.20. The molecular formula is C13H17ClN2O2. The van der Waals surface area contributed by atoms with Crippen LogP contribution in [0.2, 0.25) is 5.02 Å². The first-order valence-electron chi connectivity index (χ1n) is 5.48. The number of ether oxygens (including phenoxy) is 1. The molecule has 0 aliphatic carbocycles. The molecule has 0 aliphatic heterocycles. The zero-order chi connectivity index (χ0) is 13.8. The van der Waals surface area contributed by atoms with E-state index >= 15 is 0 Å². The van der Waals surface area contributed by atoms with Crippen molar-refractivity contribution in [2.75, 3.05) is 0 Å². The minimum Gasteiger partial charge on any atom is -0.443 e. The summed E-state index contributed by atoms with van der Waals surface area (Å²) in [7, 11) is 0. The smallest absolute Gasteiger partial charge is 0.426 e. The molecule has 4 nitrogen and oxygen atoms in total. The molecule has 0 aromatic heterocycles. The molecule has 98 valence electrons. The van der Waals surface area contributed by atoms with E-state index in [0.29, 0.717) is 10.7 Å². The number of rotatable bonds is 3. The summed E-state index contributed by atoms with van der Waals surface area (Å²) >= 11 is 6.00. The maximum atomic E-state index is 11.4. The third-order valence-corrected chi connectivity index (χ3v) is 2.24. The molecule has 0 saturated heterocycles. The first kappa shape index (κ1) is 14.4. The zero-order valence-electron chi connectivity index (χ0n) is 10.7. The standard InChI is InChI=1S/C13H17ClN2O2/c1-9(10-7-5-6-8-11(10)14)15-16-12(17)18-13(2,3)4/h5-8,15H,1H2,2-4H3,(H,16,17). The van der Waals surface area contributed by atoms with E-state index in [4.69, 9.17) is 16.3 Å². The number of carbonyl (C=O) groups excluding carboxylic acids is 1. The van der Waals surface area contributed by atoms with Crippen molar-refractivity contribution in [3.8, 4) is 0 Å². The van der Waals surface area contributed by atoms with Crippen LogP contribution in [0.3, 0.4) is 0 Å². The lowest BCUT2D eigenvalue weighted by Crippen LogP contribution is -2.40. The number of carbonyl (C=O) groups is 1. The number of halogens is 1. The van der Waals surface area contributed by atoms with Gasteiger partial charge in [-0.25, -0.2) is 10.2 Å². The minimum atomic E-state index is -0.573. The summed E-state index contributed by atoms with van der Waals surface area (Å²) in [6.45, 7) is 9.15. The Balaban J connectivity index is 2.52. The topological polar surface area (TPSA) is 50.4 Å². The van der Waals surface area contributed by atoms with Crippen molar-refractivity contribution in [1.29, 1.82) is 0 Å². The highest BCUT2D eigenvalue weighted by Gasteiger charge is 2.16. The van der Waals surface area contributed by atoms with Crippen LogP contribution in [0.4, 0.5) is 4.79 Å². The highest BCUT2D eigenvalue weighted by Crippen LogP contribution is 2.19. The number of hydrazine groups is 1. The summed E-state index contributed by atoms with van der Waals surface area (Å²) in [5, 5.41) is 0.556. The molecule has 0 spiro atoms. The lowest BCUT2D eigenvalue weighted by atomic mass is 10.2. The molecule has 0 atom stereocenters. The first-order valence-corrected chi connectivity index (χ1v) is 5.86. The van der Waals surface area contributed by atoms with Crippen molar-refractivity contribution in [2.45, 2.75) is 26.4 Å². The fourth-order valence-corrected chi connectivity index (χ4v) is 1.45. The molecular weight excluding hydrogens is 252 g/mol. The average Bonchev–Trinajstić information content (AvgIpc) is 2.24. The van der Waals surface area contributed by atoms with Gasteiger partial charge in [0.15, 0.2) is 0 Å². The van der Waals surface area contributed by atoms with E-state index in [2.05, 4.69) is 17.4 Å². The largest absolute Gasteiger partial charge is 0.443 e. The van der Waals surface area contributed by atoms with Crippen LogP contribution in [0.1, 0.15) is 26.3 Å². The van der Waals surface area contributed by atoms with E-state index in [-0.39, 0.29) is 0 Å². The van der Waals surface area contributed by atoms with Gasteiger partial charge in [-0.3, -0.25) is 5.43 Å². The van der Waals surface area contributed by atoms with Gasteiger partial charge in [-0.2, -0.15) is 0 Å². The quantitative estimate of drug-likeness (QED) is 0.827. The molecule has 18 heavy (non-hydrogen) atoms. The van der Waals surface area contributed by atoms with Crippen LogP contribution in [0.5, 0.6) is 0 Å². The van der Waals surface area contributed by atoms with Gasteiger partial charge < -0.3 is 4.74 Å². The molecule has 0 radical (unpaired) electrons. The molecule has 0 unspecified atom stereocenters. The Labute approximate surface area is 112 Å². The molecule has 0 heterocycles. The van der Waals surface area contributed by atoms with Crippen LogP contribution >= 0.6 is 11.6 Å². The number of benzene rings is 1. The zero-order valence-corrected chi connectivity index (χ0v) is 11.5. The van der Waals surface area contributed by atoms with Crippen molar-refractivity contribution in [3.05, 3.63) is 41.4 Å². The summed E-state index contributed by atoms with van der Waals surface area (Å²) in [5.41, 5.74) is 5.72. The second-order valence-electron chi connectivity index (χ2n) is 4.71. The fraction of sp³-hybridized carbons (Fsp3) is 0.308. The van der Waals surface area contributed by atoms with Gasteiger partial charge in [0.05, 0.1) is 5.70 Å². The van der Waals surface area contributed by atoms with Gasteiger partial charge in [0.1, 0.15) is 5.60 Å². The molecule has 0 aliphatic rings.